The fraction of sp³-hybridized carbons (Fsp3) is 0.688. The molecule has 0 aromatic carbocycles. The molecule has 1 aliphatic rings. The van der Waals surface area contributed by atoms with E-state index in [4.69, 9.17) is 15.2 Å². The molecule has 1 aromatic rings. The van der Waals surface area contributed by atoms with Crippen molar-refractivity contribution in [1.82, 2.24) is 4.98 Å². The highest BCUT2D eigenvalue weighted by Crippen LogP contribution is 2.31. The Labute approximate surface area is 127 Å². The highest BCUT2D eigenvalue weighted by Gasteiger charge is 2.23. The van der Waals surface area contributed by atoms with E-state index in [2.05, 4.69) is 24.1 Å². The number of pyridine rings is 1. The minimum Gasteiger partial charge on any atom is -0.476 e. The van der Waals surface area contributed by atoms with Crippen LogP contribution in [-0.4, -0.2) is 31.9 Å². The van der Waals surface area contributed by atoms with Crippen LogP contribution in [0.5, 0.6) is 5.88 Å². The van der Waals surface area contributed by atoms with Gasteiger partial charge < -0.3 is 20.5 Å². The highest BCUT2D eigenvalue weighted by atomic mass is 16.5. The third-order valence-corrected chi connectivity index (χ3v) is 3.77. The number of nitrogen functional groups attached to an aromatic ring is 1. The molecule has 5 heteroatoms. The van der Waals surface area contributed by atoms with Crippen molar-refractivity contribution in [2.75, 3.05) is 37.9 Å². The number of ether oxygens (including phenoxy) is 2. The molecule has 1 aromatic heterocycles. The molecular formula is C16H27N3O2. The summed E-state index contributed by atoms with van der Waals surface area (Å²) in [5, 5.41) is 3.36. The summed E-state index contributed by atoms with van der Waals surface area (Å²) < 4.78 is 10.8. The van der Waals surface area contributed by atoms with Gasteiger partial charge in [-0.05, 0) is 42.7 Å². The Balaban J connectivity index is 1.88. The van der Waals surface area contributed by atoms with Gasteiger partial charge in [0, 0.05) is 20.3 Å². The topological polar surface area (TPSA) is 69.4 Å². The third-order valence-electron chi connectivity index (χ3n) is 3.77. The van der Waals surface area contributed by atoms with Crippen LogP contribution in [0.2, 0.25) is 0 Å². The molecule has 1 heterocycles. The largest absolute Gasteiger partial charge is 0.476 e. The third kappa shape index (κ3) is 5.42. The van der Waals surface area contributed by atoms with E-state index in [0.717, 1.165) is 32.0 Å². The van der Waals surface area contributed by atoms with Crippen molar-refractivity contribution in [2.24, 2.45) is 11.3 Å². The number of hydrogen-bond donors (Lipinski definition) is 2. The lowest BCUT2D eigenvalue weighted by atomic mass is 9.90. The van der Waals surface area contributed by atoms with E-state index < -0.39 is 0 Å². The van der Waals surface area contributed by atoms with Crippen LogP contribution in [0.3, 0.4) is 0 Å². The number of nitrogens with one attached hydrogen (secondary N) is 1. The van der Waals surface area contributed by atoms with Crippen molar-refractivity contribution < 1.29 is 9.47 Å². The van der Waals surface area contributed by atoms with Crippen molar-refractivity contribution in [3.05, 3.63) is 12.1 Å². The van der Waals surface area contributed by atoms with E-state index in [0.29, 0.717) is 17.5 Å². The van der Waals surface area contributed by atoms with Gasteiger partial charge >= 0.3 is 0 Å². The summed E-state index contributed by atoms with van der Waals surface area (Å²) in [6, 6.07) is 3.74. The van der Waals surface area contributed by atoms with Crippen molar-refractivity contribution in [3.63, 3.8) is 0 Å². The normalized spacial score (nSPS) is 15.0. The average molecular weight is 293 g/mol. The molecule has 0 aliphatic heterocycles. The summed E-state index contributed by atoms with van der Waals surface area (Å²) in [4.78, 5) is 4.47. The van der Waals surface area contributed by atoms with E-state index in [1.54, 1.807) is 7.11 Å². The van der Waals surface area contributed by atoms with Crippen molar-refractivity contribution >= 4 is 11.5 Å². The Kier molecular flexibility index (Phi) is 5.28. The zero-order chi connectivity index (χ0) is 15.3. The first-order valence-corrected chi connectivity index (χ1v) is 7.62. The lowest BCUT2D eigenvalue weighted by Gasteiger charge is -2.25. The zero-order valence-corrected chi connectivity index (χ0v) is 13.3. The maximum atomic E-state index is 5.91. The highest BCUT2D eigenvalue weighted by molar-refractivity contribution is 5.53. The summed E-state index contributed by atoms with van der Waals surface area (Å²) in [6.07, 6.45) is 3.51. The summed E-state index contributed by atoms with van der Waals surface area (Å²) in [5.41, 5.74) is 6.66. The second-order valence-corrected chi connectivity index (χ2v) is 6.61. The molecule has 0 amide bonds. The number of nitrogens with two attached hydrogens (primary N) is 1. The predicted molar refractivity (Wildman–Crippen MR) is 85.6 cm³/mol. The summed E-state index contributed by atoms with van der Waals surface area (Å²) in [5.74, 6) is 2.04. The van der Waals surface area contributed by atoms with Crippen molar-refractivity contribution in [1.29, 1.82) is 0 Å². The van der Waals surface area contributed by atoms with Gasteiger partial charge in [0.2, 0.25) is 5.88 Å². The first-order chi connectivity index (χ1) is 10.00. The lowest BCUT2D eigenvalue weighted by Crippen LogP contribution is -2.25. The molecule has 1 fully saturated rings. The summed E-state index contributed by atoms with van der Waals surface area (Å²) >= 11 is 0. The molecule has 1 aliphatic carbocycles. The Morgan fingerprint density at radius 3 is 2.81 bits per heavy atom. The van der Waals surface area contributed by atoms with Crippen molar-refractivity contribution in [2.45, 2.75) is 33.1 Å². The second-order valence-electron chi connectivity index (χ2n) is 6.61. The van der Waals surface area contributed by atoms with Crippen LogP contribution in [0.1, 0.15) is 33.1 Å². The first-order valence-electron chi connectivity index (χ1n) is 7.62. The van der Waals surface area contributed by atoms with Gasteiger partial charge in [0.1, 0.15) is 5.82 Å². The van der Waals surface area contributed by atoms with Gasteiger partial charge in [-0.25, -0.2) is 0 Å². The van der Waals surface area contributed by atoms with Crippen molar-refractivity contribution in [3.8, 4) is 5.88 Å². The minimum absolute atomic E-state index is 0.147. The number of rotatable bonds is 9. The van der Waals surface area contributed by atoms with E-state index in [9.17, 15) is 0 Å². The average Bonchev–Trinajstić information content (AvgIpc) is 3.27. The molecule has 21 heavy (non-hydrogen) atoms. The Hall–Kier alpha value is -1.49. The molecule has 0 atom stereocenters. The lowest BCUT2D eigenvalue weighted by molar-refractivity contribution is 0.157. The smallest absolute Gasteiger partial charge is 0.239 e. The minimum atomic E-state index is 0.147. The fourth-order valence-electron chi connectivity index (χ4n) is 1.94. The van der Waals surface area contributed by atoms with Gasteiger partial charge in [-0.2, -0.15) is 4.98 Å². The number of methoxy groups -OCH3 is 1. The Morgan fingerprint density at radius 1 is 1.38 bits per heavy atom. The molecule has 2 rings (SSSR count). The number of nitrogens with zero attached hydrogens (tertiary/aromatic N) is 1. The predicted octanol–water partition coefficient (Wildman–Crippen LogP) is 2.93. The van der Waals surface area contributed by atoms with Gasteiger partial charge in [-0.15, -0.1) is 0 Å². The molecule has 0 unspecified atom stereocenters. The standard InChI is InChI=1S/C16H27N3O2/c1-16(2,8-9-20-3)11-18-14-7-6-13(17)15(19-14)21-10-12-4-5-12/h6-7,12H,4-5,8-11,17H2,1-3H3,(H,18,19). The Morgan fingerprint density at radius 2 is 2.14 bits per heavy atom. The van der Waals surface area contributed by atoms with Gasteiger partial charge in [-0.3, -0.25) is 0 Å². The molecule has 0 bridgehead atoms. The van der Waals surface area contributed by atoms with Crippen LogP contribution in [0, 0.1) is 11.3 Å². The first kappa shape index (κ1) is 15.9. The second kappa shape index (κ2) is 6.98. The Bertz CT molecular complexity index is 459. The van der Waals surface area contributed by atoms with Gasteiger partial charge in [0.05, 0.1) is 12.3 Å². The molecule has 5 nitrogen and oxygen atoms in total. The molecule has 118 valence electrons. The number of aromatic nitrogens is 1. The van der Waals surface area contributed by atoms with E-state index in [1.807, 2.05) is 12.1 Å². The SMILES string of the molecule is COCCC(C)(C)CNc1ccc(N)c(OCC2CC2)n1. The summed E-state index contributed by atoms with van der Waals surface area (Å²) in [7, 11) is 1.73. The van der Waals surface area contributed by atoms with E-state index in [1.165, 1.54) is 12.8 Å². The van der Waals surface area contributed by atoms with E-state index >= 15 is 0 Å². The quantitative estimate of drug-likeness (QED) is 0.732. The van der Waals surface area contributed by atoms with Gasteiger partial charge in [0.15, 0.2) is 0 Å². The van der Waals surface area contributed by atoms with Crippen LogP contribution in [0.15, 0.2) is 12.1 Å². The van der Waals surface area contributed by atoms with Crippen LogP contribution in [-0.2, 0) is 4.74 Å². The maximum Gasteiger partial charge on any atom is 0.239 e. The van der Waals surface area contributed by atoms with Crippen LogP contribution >= 0.6 is 0 Å². The van der Waals surface area contributed by atoms with Crippen LogP contribution in [0.4, 0.5) is 11.5 Å². The van der Waals surface area contributed by atoms with Gasteiger partial charge in [-0.1, -0.05) is 13.8 Å². The fourth-order valence-corrected chi connectivity index (χ4v) is 1.94. The monoisotopic (exact) mass is 293 g/mol. The van der Waals surface area contributed by atoms with E-state index in [-0.39, 0.29) is 5.41 Å². The molecule has 1 saturated carbocycles. The van der Waals surface area contributed by atoms with Crippen LogP contribution < -0.4 is 15.8 Å². The molecule has 0 saturated heterocycles. The molecule has 3 N–H and O–H groups in total. The molecular weight excluding hydrogens is 266 g/mol. The van der Waals surface area contributed by atoms with Gasteiger partial charge in [0.25, 0.3) is 0 Å². The number of hydrogen-bond acceptors (Lipinski definition) is 5. The molecule has 0 radical (unpaired) electrons. The maximum absolute atomic E-state index is 5.91. The zero-order valence-electron chi connectivity index (χ0n) is 13.3. The van der Waals surface area contributed by atoms with Crippen LogP contribution in [0.25, 0.3) is 0 Å². The number of anilines is 2. The molecule has 0 spiro atoms. The summed E-state index contributed by atoms with van der Waals surface area (Å²) in [6.45, 7) is 6.73.